The Morgan fingerprint density at radius 1 is 1.19 bits per heavy atom. The fraction of sp³-hybridized carbons (Fsp3) is 0.538. The molecule has 2 rings (SSSR count). The lowest BCUT2D eigenvalue weighted by molar-refractivity contribution is 0.496. The molecule has 0 spiro atoms. The molecule has 1 aliphatic carbocycles. The summed E-state index contributed by atoms with van der Waals surface area (Å²) in [6.07, 6.45) is 6.32. The number of benzene rings is 1. The van der Waals surface area contributed by atoms with Crippen LogP contribution in [0.3, 0.4) is 0 Å². The van der Waals surface area contributed by atoms with E-state index in [4.69, 9.17) is 34.8 Å². The van der Waals surface area contributed by atoms with Crippen LogP contribution in [0.2, 0.25) is 10.0 Å². The largest absolute Gasteiger partial charge is 0.118 e. The molecular formula is C13H15Cl3. The second-order valence-corrected chi connectivity index (χ2v) is 5.89. The summed E-state index contributed by atoms with van der Waals surface area (Å²) in [6.45, 7) is 0. The number of hydrogen-bond acceptors (Lipinski definition) is 0. The van der Waals surface area contributed by atoms with Gasteiger partial charge in [-0.05, 0) is 36.1 Å². The fourth-order valence-electron chi connectivity index (χ4n) is 2.42. The van der Waals surface area contributed by atoms with Crippen LogP contribution in [0.25, 0.3) is 0 Å². The third-order valence-electron chi connectivity index (χ3n) is 3.31. The standard InChI is InChI=1S/C13H15Cl3/c14-10-5-6-12(15)11(8-10)13(16)7-9-3-1-2-4-9/h5-6,8-9,13H,1-4,7H2. The second-order valence-electron chi connectivity index (χ2n) is 4.52. The van der Waals surface area contributed by atoms with Crippen molar-refractivity contribution in [1.82, 2.24) is 0 Å². The summed E-state index contributed by atoms with van der Waals surface area (Å²) >= 11 is 18.5. The predicted molar refractivity (Wildman–Crippen MR) is 71.6 cm³/mol. The third kappa shape index (κ3) is 3.06. The molecule has 16 heavy (non-hydrogen) atoms. The molecule has 0 amide bonds. The highest BCUT2D eigenvalue weighted by atomic mass is 35.5. The average molecular weight is 278 g/mol. The highest BCUT2D eigenvalue weighted by Crippen LogP contribution is 2.39. The van der Waals surface area contributed by atoms with Crippen molar-refractivity contribution in [2.24, 2.45) is 5.92 Å². The molecule has 0 heterocycles. The van der Waals surface area contributed by atoms with Gasteiger partial charge in [0.25, 0.3) is 0 Å². The van der Waals surface area contributed by atoms with Gasteiger partial charge in [-0.2, -0.15) is 0 Å². The Morgan fingerprint density at radius 3 is 2.56 bits per heavy atom. The van der Waals surface area contributed by atoms with Gasteiger partial charge in [-0.25, -0.2) is 0 Å². The third-order valence-corrected chi connectivity index (χ3v) is 4.30. The van der Waals surface area contributed by atoms with Gasteiger partial charge in [0, 0.05) is 10.0 Å². The molecule has 3 heteroatoms. The summed E-state index contributed by atoms with van der Waals surface area (Å²) in [6, 6.07) is 5.51. The molecule has 0 aromatic heterocycles. The summed E-state index contributed by atoms with van der Waals surface area (Å²) in [5.41, 5.74) is 0.975. The summed E-state index contributed by atoms with van der Waals surface area (Å²) in [5, 5.41) is 1.42. The zero-order valence-electron chi connectivity index (χ0n) is 9.06. The Labute approximate surface area is 112 Å². The van der Waals surface area contributed by atoms with Crippen molar-refractivity contribution < 1.29 is 0 Å². The van der Waals surface area contributed by atoms with Crippen molar-refractivity contribution in [2.75, 3.05) is 0 Å². The van der Waals surface area contributed by atoms with Gasteiger partial charge in [0.1, 0.15) is 0 Å². The molecule has 1 aromatic carbocycles. The van der Waals surface area contributed by atoms with E-state index in [1.54, 1.807) is 6.07 Å². The molecule has 0 nitrogen and oxygen atoms in total. The Kier molecular flexibility index (Phi) is 4.41. The topological polar surface area (TPSA) is 0 Å². The van der Waals surface area contributed by atoms with E-state index in [1.807, 2.05) is 12.1 Å². The molecule has 1 fully saturated rings. The first-order valence-electron chi connectivity index (χ1n) is 5.76. The Hall–Kier alpha value is 0.0900. The molecule has 1 saturated carbocycles. The van der Waals surface area contributed by atoms with E-state index >= 15 is 0 Å². The molecule has 0 N–H and O–H groups in total. The van der Waals surface area contributed by atoms with Crippen LogP contribution in [0, 0.1) is 5.92 Å². The minimum absolute atomic E-state index is 0.00528. The minimum Gasteiger partial charge on any atom is -0.118 e. The van der Waals surface area contributed by atoms with Gasteiger partial charge in [-0.3, -0.25) is 0 Å². The predicted octanol–water partition coefficient (Wildman–Crippen LogP) is 5.85. The lowest BCUT2D eigenvalue weighted by atomic mass is 9.98. The number of rotatable bonds is 3. The highest BCUT2D eigenvalue weighted by Gasteiger charge is 2.21. The summed E-state index contributed by atoms with van der Waals surface area (Å²) in [4.78, 5) is 0. The number of halogens is 3. The van der Waals surface area contributed by atoms with Crippen LogP contribution in [0.15, 0.2) is 18.2 Å². The summed E-state index contributed by atoms with van der Waals surface area (Å²) < 4.78 is 0. The number of alkyl halides is 1. The van der Waals surface area contributed by atoms with Gasteiger partial charge >= 0.3 is 0 Å². The molecule has 0 saturated heterocycles. The first-order chi connectivity index (χ1) is 7.66. The highest BCUT2D eigenvalue weighted by molar-refractivity contribution is 6.34. The van der Waals surface area contributed by atoms with Gasteiger partial charge in [-0.15, -0.1) is 11.6 Å². The van der Waals surface area contributed by atoms with Crippen molar-refractivity contribution in [3.8, 4) is 0 Å². The Balaban J connectivity index is 2.07. The normalized spacial score (nSPS) is 18.9. The number of hydrogen-bond donors (Lipinski definition) is 0. The van der Waals surface area contributed by atoms with Crippen molar-refractivity contribution in [3.63, 3.8) is 0 Å². The van der Waals surface area contributed by atoms with Crippen LogP contribution in [0.1, 0.15) is 43.0 Å². The van der Waals surface area contributed by atoms with Crippen LogP contribution >= 0.6 is 34.8 Å². The van der Waals surface area contributed by atoms with E-state index in [-0.39, 0.29) is 5.38 Å². The van der Waals surface area contributed by atoms with E-state index in [1.165, 1.54) is 25.7 Å². The zero-order valence-corrected chi connectivity index (χ0v) is 11.3. The van der Waals surface area contributed by atoms with Crippen molar-refractivity contribution in [2.45, 2.75) is 37.5 Å². The van der Waals surface area contributed by atoms with Crippen molar-refractivity contribution >= 4 is 34.8 Å². The Bertz CT molecular complexity index is 356. The average Bonchev–Trinajstić information content (AvgIpc) is 2.74. The van der Waals surface area contributed by atoms with E-state index in [0.29, 0.717) is 5.02 Å². The monoisotopic (exact) mass is 276 g/mol. The SMILES string of the molecule is Clc1ccc(Cl)c(C(Cl)CC2CCCC2)c1. The van der Waals surface area contributed by atoms with Crippen molar-refractivity contribution in [1.29, 1.82) is 0 Å². The van der Waals surface area contributed by atoms with E-state index in [9.17, 15) is 0 Å². The zero-order chi connectivity index (χ0) is 11.5. The van der Waals surface area contributed by atoms with Gasteiger partial charge in [0.05, 0.1) is 5.38 Å². The van der Waals surface area contributed by atoms with Crippen LogP contribution < -0.4 is 0 Å². The van der Waals surface area contributed by atoms with Crippen LogP contribution in [0.5, 0.6) is 0 Å². The van der Waals surface area contributed by atoms with Crippen LogP contribution in [0.4, 0.5) is 0 Å². The van der Waals surface area contributed by atoms with Gasteiger partial charge < -0.3 is 0 Å². The van der Waals surface area contributed by atoms with Gasteiger partial charge in [0.2, 0.25) is 0 Å². The fourth-order valence-corrected chi connectivity index (χ4v) is 3.34. The quantitative estimate of drug-likeness (QED) is 0.608. The van der Waals surface area contributed by atoms with Gasteiger partial charge in [-0.1, -0.05) is 48.9 Å². The lowest BCUT2D eigenvalue weighted by Gasteiger charge is -2.16. The maximum atomic E-state index is 6.42. The molecule has 1 unspecified atom stereocenters. The van der Waals surface area contributed by atoms with Crippen molar-refractivity contribution in [3.05, 3.63) is 33.8 Å². The summed E-state index contributed by atoms with van der Waals surface area (Å²) in [5.74, 6) is 0.762. The first kappa shape index (κ1) is 12.5. The molecule has 1 aromatic rings. The molecule has 0 aliphatic heterocycles. The minimum atomic E-state index is -0.00528. The maximum Gasteiger partial charge on any atom is 0.0603 e. The first-order valence-corrected chi connectivity index (χ1v) is 6.95. The molecule has 1 atom stereocenters. The van der Waals surface area contributed by atoms with E-state index < -0.39 is 0 Å². The molecule has 1 aliphatic rings. The maximum absolute atomic E-state index is 6.42. The van der Waals surface area contributed by atoms with Crippen LogP contribution in [-0.2, 0) is 0 Å². The molecule has 88 valence electrons. The van der Waals surface area contributed by atoms with E-state index in [0.717, 1.165) is 22.9 Å². The van der Waals surface area contributed by atoms with Crippen LogP contribution in [-0.4, -0.2) is 0 Å². The smallest absolute Gasteiger partial charge is 0.0603 e. The van der Waals surface area contributed by atoms with E-state index in [2.05, 4.69) is 0 Å². The Morgan fingerprint density at radius 2 is 1.88 bits per heavy atom. The molecular weight excluding hydrogens is 263 g/mol. The lowest BCUT2D eigenvalue weighted by Crippen LogP contribution is -2.00. The molecule has 0 bridgehead atoms. The summed E-state index contributed by atoms with van der Waals surface area (Å²) in [7, 11) is 0. The van der Waals surface area contributed by atoms with Gasteiger partial charge in [0.15, 0.2) is 0 Å². The molecule has 0 radical (unpaired) electrons. The second kappa shape index (κ2) is 5.62.